The van der Waals surface area contributed by atoms with Gasteiger partial charge in [-0.1, -0.05) is 6.07 Å². The maximum absolute atomic E-state index is 11.4. The average Bonchev–Trinajstić information content (AvgIpc) is 2.30. The van der Waals surface area contributed by atoms with E-state index in [1.807, 2.05) is 25.1 Å². The number of pyridine rings is 1. The fourth-order valence-electron chi connectivity index (χ4n) is 1.11. The van der Waals surface area contributed by atoms with Crippen LogP contribution in [0.15, 0.2) is 24.4 Å². The smallest absolute Gasteiger partial charge is 0.230 e. The monoisotopic (exact) mass is 239 g/mol. The van der Waals surface area contributed by atoms with Gasteiger partial charge in [-0.15, -0.1) is 11.8 Å². The lowest BCUT2D eigenvalue weighted by atomic mass is 10.3. The highest BCUT2D eigenvalue weighted by Gasteiger charge is 2.05. The van der Waals surface area contributed by atoms with Crippen molar-refractivity contribution in [1.82, 2.24) is 10.3 Å². The first-order valence-electron chi connectivity index (χ1n) is 5.19. The lowest BCUT2D eigenvalue weighted by molar-refractivity contribution is -0.119. The molecule has 0 unspecified atom stereocenters. The normalized spacial score (nSPS) is 12.1. The van der Waals surface area contributed by atoms with Crippen molar-refractivity contribution in [3.63, 3.8) is 0 Å². The summed E-state index contributed by atoms with van der Waals surface area (Å²) in [4.78, 5) is 15.6. The Morgan fingerprint density at radius 2 is 2.44 bits per heavy atom. The summed E-state index contributed by atoms with van der Waals surface area (Å²) in [6.45, 7) is 2.36. The van der Waals surface area contributed by atoms with E-state index in [0.717, 1.165) is 11.4 Å². The molecule has 1 aromatic heterocycles. The molecule has 16 heavy (non-hydrogen) atoms. The molecule has 1 heterocycles. The Hall–Kier alpha value is -1.07. The minimum absolute atomic E-state index is 0.0267. The summed E-state index contributed by atoms with van der Waals surface area (Å²) in [7, 11) is 0. The van der Waals surface area contributed by atoms with Gasteiger partial charge < -0.3 is 11.1 Å². The van der Waals surface area contributed by atoms with Crippen LogP contribution in [0.4, 0.5) is 0 Å². The average molecular weight is 239 g/mol. The van der Waals surface area contributed by atoms with Gasteiger partial charge in [0.1, 0.15) is 0 Å². The van der Waals surface area contributed by atoms with E-state index in [0.29, 0.717) is 12.3 Å². The van der Waals surface area contributed by atoms with Gasteiger partial charge in [-0.05, 0) is 19.1 Å². The number of hydrogen-bond donors (Lipinski definition) is 2. The van der Waals surface area contributed by atoms with Gasteiger partial charge in [0, 0.05) is 24.5 Å². The molecule has 5 heteroatoms. The standard InChI is InChI=1S/C11H17N3OS/c1-9(6-12)14-11(15)8-16-7-10-4-2-3-5-13-10/h2-5,9H,6-8,12H2,1H3,(H,14,15)/t9-/m0/s1. The summed E-state index contributed by atoms with van der Waals surface area (Å²) in [5, 5.41) is 2.81. The van der Waals surface area contributed by atoms with Crippen LogP contribution in [0.2, 0.25) is 0 Å². The zero-order valence-electron chi connectivity index (χ0n) is 9.35. The Balaban J connectivity index is 2.18. The zero-order chi connectivity index (χ0) is 11.8. The van der Waals surface area contributed by atoms with Crippen LogP contribution in [0.3, 0.4) is 0 Å². The Kier molecular flexibility index (Phi) is 5.88. The van der Waals surface area contributed by atoms with Crippen molar-refractivity contribution in [3.8, 4) is 0 Å². The van der Waals surface area contributed by atoms with Gasteiger partial charge >= 0.3 is 0 Å². The van der Waals surface area contributed by atoms with Crippen LogP contribution in [-0.2, 0) is 10.5 Å². The fraction of sp³-hybridized carbons (Fsp3) is 0.455. The molecule has 0 radical (unpaired) electrons. The number of amides is 1. The first kappa shape index (κ1) is 13.0. The van der Waals surface area contributed by atoms with Crippen LogP contribution in [0.5, 0.6) is 0 Å². The summed E-state index contributed by atoms with van der Waals surface area (Å²) in [5.41, 5.74) is 6.40. The van der Waals surface area contributed by atoms with Gasteiger partial charge in [0.25, 0.3) is 0 Å². The molecule has 0 spiro atoms. The van der Waals surface area contributed by atoms with Crippen molar-refractivity contribution in [3.05, 3.63) is 30.1 Å². The predicted octanol–water partition coefficient (Wildman–Crippen LogP) is 0.778. The van der Waals surface area contributed by atoms with Crippen LogP contribution in [0, 0.1) is 0 Å². The molecule has 1 rings (SSSR count). The molecule has 0 bridgehead atoms. The van der Waals surface area contributed by atoms with Crippen molar-refractivity contribution in [1.29, 1.82) is 0 Å². The van der Waals surface area contributed by atoms with E-state index >= 15 is 0 Å². The Bertz CT molecular complexity index is 318. The second-order valence-electron chi connectivity index (χ2n) is 3.52. The molecule has 0 aliphatic heterocycles. The number of thioether (sulfide) groups is 1. The maximum atomic E-state index is 11.4. The number of nitrogens with zero attached hydrogens (tertiary/aromatic N) is 1. The van der Waals surface area contributed by atoms with E-state index in [4.69, 9.17) is 5.73 Å². The Morgan fingerprint density at radius 3 is 3.06 bits per heavy atom. The second-order valence-corrected chi connectivity index (χ2v) is 4.50. The topological polar surface area (TPSA) is 68.0 Å². The SMILES string of the molecule is C[C@@H](CN)NC(=O)CSCc1ccccn1. The molecule has 1 amide bonds. The van der Waals surface area contributed by atoms with Gasteiger partial charge in [-0.25, -0.2) is 0 Å². The number of carbonyl (C=O) groups is 1. The number of hydrogen-bond acceptors (Lipinski definition) is 4. The van der Waals surface area contributed by atoms with Crippen molar-refractivity contribution in [2.45, 2.75) is 18.7 Å². The van der Waals surface area contributed by atoms with E-state index in [9.17, 15) is 4.79 Å². The first-order valence-corrected chi connectivity index (χ1v) is 6.35. The quantitative estimate of drug-likeness (QED) is 0.769. The summed E-state index contributed by atoms with van der Waals surface area (Å²) in [5.74, 6) is 1.23. The highest BCUT2D eigenvalue weighted by atomic mass is 32.2. The predicted molar refractivity (Wildman–Crippen MR) is 67.1 cm³/mol. The number of nitrogens with two attached hydrogens (primary N) is 1. The van der Waals surface area contributed by atoms with Crippen molar-refractivity contribution < 1.29 is 4.79 Å². The van der Waals surface area contributed by atoms with Crippen molar-refractivity contribution >= 4 is 17.7 Å². The molecule has 3 N–H and O–H groups in total. The van der Waals surface area contributed by atoms with E-state index in [1.54, 1.807) is 18.0 Å². The molecule has 0 saturated carbocycles. The van der Waals surface area contributed by atoms with Crippen LogP contribution in [0.1, 0.15) is 12.6 Å². The minimum atomic E-state index is 0.0267. The van der Waals surface area contributed by atoms with Crippen molar-refractivity contribution in [2.24, 2.45) is 5.73 Å². The molecule has 4 nitrogen and oxygen atoms in total. The third-order valence-corrected chi connectivity index (χ3v) is 2.94. The molecule has 0 saturated heterocycles. The first-order chi connectivity index (χ1) is 7.72. The van der Waals surface area contributed by atoms with Crippen LogP contribution in [-0.4, -0.2) is 29.2 Å². The highest BCUT2D eigenvalue weighted by molar-refractivity contribution is 7.99. The number of nitrogens with one attached hydrogen (secondary N) is 1. The molecule has 0 aromatic carbocycles. The molecule has 0 fully saturated rings. The van der Waals surface area contributed by atoms with Crippen LogP contribution >= 0.6 is 11.8 Å². The van der Waals surface area contributed by atoms with E-state index in [2.05, 4.69) is 10.3 Å². The highest BCUT2D eigenvalue weighted by Crippen LogP contribution is 2.08. The van der Waals surface area contributed by atoms with Crippen LogP contribution < -0.4 is 11.1 Å². The van der Waals surface area contributed by atoms with Crippen molar-refractivity contribution in [2.75, 3.05) is 12.3 Å². The van der Waals surface area contributed by atoms with E-state index in [-0.39, 0.29) is 11.9 Å². The summed E-state index contributed by atoms with van der Waals surface area (Å²) in [6.07, 6.45) is 1.76. The maximum Gasteiger partial charge on any atom is 0.230 e. The second kappa shape index (κ2) is 7.24. The lowest BCUT2D eigenvalue weighted by Crippen LogP contribution is -2.38. The van der Waals surface area contributed by atoms with Gasteiger partial charge in [-0.3, -0.25) is 9.78 Å². The molecule has 1 aromatic rings. The van der Waals surface area contributed by atoms with E-state index in [1.165, 1.54) is 0 Å². The Labute approximate surface area is 100 Å². The number of rotatable bonds is 6. The summed E-state index contributed by atoms with van der Waals surface area (Å²) < 4.78 is 0. The largest absolute Gasteiger partial charge is 0.352 e. The zero-order valence-corrected chi connectivity index (χ0v) is 10.2. The Morgan fingerprint density at radius 1 is 1.62 bits per heavy atom. The number of carbonyl (C=O) groups excluding carboxylic acids is 1. The lowest BCUT2D eigenvalue weighted by Gasteiger charge is -2.10. The van der Waals surface area contributed by atoms with Gasteiger partial charge in [0.05, 0.1) is 11.4 Å². The molecule has 0 aliphatic carbocycles. The molecular formula is C11H17N3OS. The third-order valence-electron chi connectivity index (χ3n) is 1.97. The van der Waals surface area contributed by atoms with E-state index < -0.39 is 0 Å². The van der Waals surface area contributed by atoms with Gasteiger partial charge in [0.2, 0.25) is 5.91 Å². The third kappa shape index (κ3) is 5.14. The van der Waals surface area contributed by atoms with Crippen LogP contribution in [0.25, 0.3) is 0 Å². The minimum Gasteiger partial charge on any atom is -0.352 e. The molecule has 88 valence electrons. The summed E-state index contributed by atoms with van der Waals surface area (Å²) >= 11 is 1.55. The fourth-order valence-corrected chi connectivity index (χ4v) is 1.86. The molecule has 0 aliphatic rings. The van der Waals surface area contributed by atoms with Gasteiger partial charge in [-0.2, -0.15) is 0 Å². The summed E-state index contributed by atoms with van der Waals surface area (Å²) in [6, 6.07) is 5.82. The molecular weight excluding hydrogens is 222 g/mol. The molecule has 1 atom stereocenters. The van der Waals surface area contributed by atoms with Gasteiger partial charge in [0.15, 0.2) is 0 Å². The number of aromatic nitrogens is 1.